The smallest absolute Gasteiger partial charge is 0.220 e. The lowest BCUT2D eigenvalue weighted by molar-refractivity contribution is -0.379. The van der Waals surface area contributed by atoms with Crippen molar-refractivity contribution in [2.75, 3.05) is 26.4 Å². The molecule has 0 aromatic heterocycles. The first-order valence-corrected chi connectivity index (χ1v) is 37.6. The molecule has 3 heterocycles. The van der Waals surface area contributed by atoms with Crippen molar-refractivity contribution in [3.63, 3.8) is 0 Å². The highest BCUT2D eigenvalue weighted by atomic mass is 16.8. The van der Waals surface area contributed by atoms with E-state index < -0.39 is 124 Å². The van der Waals surface area contributed by atoms with Gasteiger partial charge in [0.2, 0.25) is 5.91 Å². The molecule has 3 aliphatic rings. The van der Waals surface area contributed by atoms with Crippen LogP contribution in [-0.4, -0.2) is 193 Å². The van der Waals surface area contributed by atoms with Crippen LogP contribution >= 0.6 is 0 Å². The van der Waals surface area contributed by atoms with Crippen LogP contribution in [0.1, 0.15) is 303 Å². The van der Waals surface area contributed by atoms with Crippen molar-refractivity contribution in [1.82, 2.24) is 5.32 Å². The van der Waals surface area contributed by atoms with Crippen LogP contribution in [-0.2, 0) is 33.2 Å². The number of aliphatic hydroxyl groups is 11. The fourth-order valence-electron chi connectivity index (χ4n) is 12.9. The predicted octanol–water partition coefficient (Wildman–Crippen LogP) is 11.0. The van der Waals surface area contributed by atoms with E-state index in [1.807, 2.05) is 6.08 Å². The molecule has 0 radical (unpaired) electrons. The van der Waals surface area contributed by atoms with Crippen molar-refractivity contribution in [2.45, 2.75) is 407 Å². The van der Waals surface area contributed by atoms with Crippen LogP contribution in [0, 0.1) is 0 Å². The van der Waals surface area contributed by atoms with Gasteiger partial charge in [0.1, 0.15) is 73.2 Å². The van der Waals surface area contributed by atoms with Gasteiger partial charge in [-0.1, -0.05) is 289 Å². The first-order valence-electron chi connectivity index (χ1n) is 37.6. The van der Waals surface area contributed by atoms with Gasteiger partial charge in [0.05, 0.1) is 38.6 Å². The highest BCUT2D eigenvalue weighted by Gasteiger charge is 2.53. The van der Waals surface area contributed by atoms with E-state index in [0.717, 1.165) is 38.5 Å². The molecular formula is C73H137NO18. The van der Waals surface area contributed by atoms with Gasteiger partial charge in [-0.3, -0.25) is 4.79 Å². The van der Waals surface area contributed by atoms with E-state index in [-0.39, 0.29) is 18.9 Å². The third-order valence-electron chi connectivity index (χ3n) is 19.0. The summed E-state index contributed by atoms with van der Waals surface area (Å²) in [6.45, 7) is 1.76. The molecule has 0 aliphatic carbocycles. The summed E-state index contributed by atoms with van der Waals surface area (Å²) >= 11 is 0. The lowest BCUT2D eigenvalue weighted by Crippen LogP contribution is -2.66. The minimum atomic E-state index is -1.98. The molecule has 12 N–H and O–H groups in total. The van der Waals surface area contributed by atoms with Crippen molar-refractivity contribution in [3.8, 4) is 0 Å². The molecule has 0 saturated carbocycles. The molecular weight excluding hydrogens is 1180 g/mol. The number of amides is 1. The summed E-state index contributed by atoms with van der Waals surface area (Å²) in [6.07, 6.45) is 37.4. The van der Waals surface area contributed by atoms with E-state index >= 15 is 0 Å². The number of carbonyl (C=O) groups is 1. The molecule has 0 bridgehead atoms. The Hall–Kier alpha value is -1.73. The summed E-state index contributed by atoms with van der Waals surface area (Å²) in [5, 5.41) is 121. The van der Waals surface area contributed by atoms with Crippen LogP contribution in [0.25, 0.3) is 0 Å². The van der Waals surface area contributed by atoms with Gasteiger partial charge in [-0.25, -0.2) is 0 Å². The fourth-order valence-corrected chi connectivity index (χ4v) is 12.9. The Bertz CT molecular complexity index is 1760. The van der Waals surface area contributed by atoms with E-state index in [0.29, 0.717) is 12.8 Å². The molecule has 0 aromatic rings. The van der Waals surface area contributed by atoms with Gasteiger partial charge < -0.3 is 89.9 Å². The zero-order chi connectivity index (χ0) is 66.8. The van der Waals surface area contributed by atoms with Gasteiger partial charge >= 0.3 is 0 Å². The first kappa shape index (κ1) is 84.5. The van der Waals surface area contributed by atoms with Gasteiger partial charge in [-0.05, 0) is 32.1 Å². The third-order valence-corrected chi connectivity index (χ3v) is 19.0. The van der Waals surface area contributed by atoms with E-state index in [2.05, 4.69) is 31.3 Å². The average molecular weight is 1320 g/mol. The summed E-state index contributed by atoms with van der Waals surface area (Å²) < 4.78 is 34.4. The Morgan fingerprint density at radius 1 is 0.380 bits per heavy atom. The molecule has 19 heteroatoms. The summed E-state index contributed by atoms with van der Waals surface area (Å²) in [5.74, 6) is -0.279. The molecule has 3 fully saturated rings. The summed E-state index contributed by atoms with van der Waals surface area (Å²) in [5.41, 5.74) is 0. The summed E-state index contributed by atoms with van der Waals surface area (Å²) in [6, 6.07) is -0.987. The SMILES string of the molecule is CCCCCCCCCCCCCCC/C=C/CC/C=C/C(O)C(COC1OC(CO)C(OC2OC(CO)C(OC3OC(CO)C(O)C(O)C3O)C(O)C2O)C(O)C1O)NC(=O)CCCCCCCCCCCCCCCCCCCCCCCCCCCCCC. The standard InChI is InChI=1S/C73H137NO18/c1-3-5-7-9-11-13-15-17-19-21-23-24-25-26-27-28-29-30-31-33-35-37-39-41-43-45-47-49-51-61(79)74-56(57(78)50-48-46-44-42-40-38-36-34-32-22-20-18-16-14-12-10-8-6-4-2)55-87-71-67(85)64(82)69(59(53-76)89-71)92-73-68(86)65(83)70(60(54-77)90-73)91-72-66(84)63(81)62(80)58(52-75)88-72/h40,42,48,50,56-60,62-73,75-78,80-86H,3-39,41,43-47,49,51-55H2,1-2H3,(H,74,79)/b42-40+,50-48+. The Balaban J connectivity index is 1.40. The van der Waals surface area contributed by atoms with Gasteiger partial charge in [0, 0.05) is 6.42 Å². The molecule has 19 nitrogen and oxygen atoms in total. The van der Waals surface area contributed by atoms with Crippen molar-refractivity contribution < 1.29 is 89.4 Å². The number of rotatable bonds is 59. The molecule has 3 rings (SSSR count). The number of hydrogen-bond acceptors (Lipinski definition) is 18. The number of aliphatic hydroxyl groups excluding tert-OH is 11. The number of allylic oxidation sites excluding steroid dienone is 3. The average Bonchev–Trinajstić information content (AvgIpc) is 0.836. The molecule has 3 aliphatic heterocycles. The number of ether oxygens (including phenoxy) is 6. The molecule has 0 spiro atoms. The van der Waals surface area contributed by atoms with Crippen molar-refractivity contribution in [3.05, 3.63) is 24.3 Å². The molecule has 1 amide bonds. The monoisotopic (exact) mass is 1320 g/mol. The minimum Gasteiger partial charge on any atom is -0.394 e. The van der Waals surface area contributed by atoms with Crippen molar-refractivity contribution in [2.24, 2.45) is 0 Å². The second-order valence-electron chi connectivity index (χ2n) is 27.1. The maximum atomic E-state index is 13.4. The lowest BCUT2D eigenvalue weighted by Gasteiger charge is -2.48. The normalized spacial score (nSPS) is 27.8. The summed E-state index contributed by atoms with van der Waals surface area (Å²) in [4.78, 5) is 13.4. The van der Waals surface area contributed by atoms with Crippen LogP contribution in [0.4, 0.5) is 0 Å². The first-order chi connectivity index (χ1) is 44.8. The van der Waals surface area contributed by atoms with Gasteiger partial charge in [0.15, 0.2) is 18.9 Å². The minimum absolute atomic E-state index is 0.241. The molecule has 17 atom stereocenters. The largest absolute Gasteiger partial charge is 0.394 e. The second kappa shape index (κ2) is 55.2. The second-order valence-corrected chi connectivity index (χ2v) is 27.1. The fraction of sp³-hybridized carbons (Fsp3) is 0.932. The predicted molar refractivity (Wildman–Crippen MR) is 360 cm³/mol. The lowest BCUT2D eigenvalue weighted by atomic mass is 9.96. The maximum absolute atomic E-state index is 13.4. The van der Waals surface area contributed by atoms with Crippen LogP contribution < -0.4 is 5.32 Å². The van der Waals surface area contributed by atoms with Crippen LogP contribution in [0.3, 0.4) is 0 Å². The van der Waals surface area contributed by atoms with E-state index in [1.165, 1.54) is 231 Å². The zero-order valence-electron chi connectivity index (χ0n) is 57.5. The van der Waals surface area contributed by atoms with Gasteiger partial charge in [-0.2, -0.15) is 0 Å². The van der Waals surface area contributed by atoms with Crippen LogP contribution in [0.15, 0.2) is 24.3 Å². The molecule has 92 heavy (non-hydrogen) atoms. The van der Waals surface area contributed by atoms with E-state index in [1.54, 1.807) is 6.08 Å². The Labute approximate surface area is 556 Å². The quantitative estimate of drug-likeness (QED) is 0.0199. The van der Waals surface area contributed by atoms with Crippen LogP contribution in [0.2, 0.25) is 0 Å². The topological polar surface area (TPSA) is 307 Å². The molecule has 0 aromatic carbocycles. The number of nitrogens with one attached hydrogen (secondary N) is 1. The van der Waals surface area contributed by atoms with Crippen molar-refractivity contribution >= 4 is 5.91 Å². The Morgan fingerprint density at radius 2 is 0.696 bits per heavy atom. The Morgan fingerprint density at radius 3 is 1.09 bits per heavy atom. The van der Waals surface area contributed by atoms with Crippen molar-refractivity contribution in [1.29, 1.82) is 0 Å². The highest BCUT2D eigenvalue weighted by Crippen LogP contribution is 2.33. The molecule has 17 unspecified atom stereocenters. The van der Waals surface area contributed by atoms with Crippen LogP contribution in [0.5, 0.6) is 0 Å². The highest BCUT2D eigenvalue weighted by molar-refractivity contribution is 5.76. The van der Waals surface area contributed by atoms with Gasteiger partial charge in [0.25, 0.3) is 0 Å². The molecule has 542 valence electrons. The summed E-state index contributed by atoms with van der Waals surface area (Å²) in [7, 11) is 0. The number of unbranched alkanes of at least 4 members (excludes halogenated alkanes) is 41. The van der Waals surface area contributed by atoms with Gasteiger partial charge in [-0.15, -0.1) is 0 Å². The van der Waals surface area contributed by atoms with E-state index in [4.69, 9.17) is 28.4 Å². The number of carbonyl (C=O) groups excluding carboxylic acids is 1. The number of hydrogen-bond donors (Lipinski definition) is 12. The van der Waals surface area contributed by atoms with E-state index in [9.17, 15) is 61.0 Å². The molecule has 3 saturated heterocycles. The third kappa shape index (κ3) is 36.2. The maximum Gasteiger partial charge on any atom is 0.220 e. The zero-order valence-corrected chi connectivity index (χ0v) is 57.5. The Kier molecular flexibility index (Phi) is 50.7.